The van der Waals surface area contributed by atoms with E-state index in [1.54, 1.807) is 12.4 Å². The molecule has 1 aliphatic carbocycles. The molecule has 1 saturated carbocycles. The van der Waals surface area contributed by atoms with E-state index in [1.165, 1.54) is 0 Å². The van der Waals surface area contributed by atoms with Crippen LogP contribution in [0.5, 0.6) is 0 Å². The van der Waals surface area contributed by atoms with Crippen LogP contribution in [0.15, 0.2) is 47.6 Å². The highest BCUT2D eigenvalue weighted by Gasteiger charge is 2.50. The molecule has 1 aromatic carbocycles. The largest absolute Gasteiger partial charge is 0.479 e. The van der Waals surface area contributed by atoms with E-state index >= 15 is 0 Å². The SMILES string of the molecule is Cc1ccccc1C(=O)N1CCN(c2cccnc2C=NC2(C(=O)O)CC2)CC1. The zero-order chi connectivity index (χ0) is 20.4. The van der Waals surface area contributed by atoms with E-state index < -0.39 is 11.5 Å². The molecule has 0 atom stereocenters. The van der Waals surface area contributed by atoms with E-state index in [2.05, 4.69) is 14.9 Å². The Balaban J connectivity index is 1.45. The number of carbonyl (C=O) groups is 2. The number of carbonyl (C=O) groups excluding carboxylic acids is 1. The van der Waals surface area contributed by atoms with Crippen molar-refractivity contribution >= 4 is 23.8 Å². The standard InChI is InChI=1S/C22H24N4O3/c1-16-5-2-3-6-17(16)20(27)26-13-11-25(12-14-26)19-7-4-10-23-18(19)15-24-22(8-9-22)21(28)29/h2-7,10,15H,8-9,11-14H2,1H3,(H,28,29). The monoisotopic (exact) mass is 392 g/mol. The van der Waals surface area contributed by atoms with Crippen molar-refractivity contribution in [3.8, 4) is 0 Å². The molecule has 0 unspecified atom stereocenters. The second kappa shape index (κ2) is 7.66. The van der Waals surface area contributed by atoms with Gasteiger partial charge in [-0.25, -0.2) is 4.79 Å². The van der Waals surface area contributed by atoms with Crippen molar-refractivity contribution in [3.05, 3.63) is 59.4 Å². The third kappa shape index (κ3) is 3.85. The molecule has 7 heteroatoms. The molecule has 0 radical (unpaired) electrons. The van der Waals surface area contributed by atoms with Crippen molar-refractivity contribution in [2.24, 2.45) is 4.99 Å². The van der Waals surface area contributed by atoms with Crippen LogP contribution in [0, 0.1) is 6.92 Å². The quantitative estimate of drug-likeness (QED) is 0.790. The summed E-state index contributed by atoms with van der Waals surface area (Å²) in [5.41, 5.74) is 2.35. The molecule has 1 amide bonds. The molecule has 2 heterocycles. The number of nitrogens with zero attached hydrogens (tertiary/aromatic N) is 4. The van der Waals surface area contributed by atoms with Crippen molar-refractivity contribution in [3.63, 3.8) is 0 Å². The summed E-state index contributed by atoms with van der Waals surface area (Å²) in [6.07, 6.45) is 4.41. The van der Waals surface area contributed by atoms with Gasteiger partial charge in [0.05, 0.1) is 11.9 Å². The number of benzene rings is 1. The number of hydrogen-bond acceptors (Lipinski definition) is 5. The van der Waals surface area contributed by atoms with Gasteiger partial charge < -0.3 is 14.9 Å². The van der Waals surface area contributed by atoms with Crippen LogP contribution in [-0.2, 0) is 4.79 Å². The van der Waals surface area contributed by atoms with Crippen molar-refractivity contribution in [2.75, 3.05) is 31.1 Å². The summed E-state index contributed by atoms with van der Waals surface area (Å²) in [6.45, 7) is 4.58. The first-order chi connectivity index (χ1) is 14.0. The summed E-state index contributed by atoms with van der Waals surface area (Å²) in [5, 5.41) is 9.31. The highest BCUT2D eigenvalue weighted by Crippen LogP contribution is 2.40. The van der Waals surface area contributed by atoms with Gasteiger partial charge in [0, 0.05) is 37.9 Å². The van der Waals surface area contributed by atoms with Crippen LogP contribution in [-0.4, -0.2) is 64.8 Å². The predicted molar refractivity (Wildman–Crippen MR) is 111 cm³/mol. The zero-order valence-corrected chi connectivity index (χ0v) is 16.4. The summed E-state index contributed by atoms with van der Waals surface area (Å²) in [6, 6.07) is 11.5. The highest BCUT2D eigenvalue weighted by molar-refractivity contribution is 5.96. The van der Waals surface area contributed by atoms with Crippen molar-refractivity contribution in [1.82, 2.24) is 9.88 Å². The van der Waals surface area contributed by atoms with Crippen molar-refractivity contribution < 1.29 is 14.7 Å². The zero-order valence-electron chi connectivity index (χ0n) is 16.4. The molecule has 1 saturated heterocycles. The third-order valence-corrected chi connectivity index (χ3v) is 5.65. The number of carboxylic acid groups (broad SMARTS) is 1. The number of aliphatic carboxylic acids is 1. The molecule has 4 rings (SSSR count). The van der Waals surface area contributed by atoms with E-state index in [9.17, 15) is 14.7 Å². The number of amides is 1. The number of aliphatic imine (C=N–C) groups is 1. The maximum atomic E-state index is 12.8. The lowest BCUT2D eigenvalue weighted by molar-refractivity contribution is -0.139. The van der Waals surface area contributed by atoms with Gasteiger partial charge in [-0.2, -0.15) is 0 Å². The van der Waals surface area contributed by atoms with Gasteiger partial charge in [0.2, 0.25) is 0 Å². The molecule has 7 nitrogen and oxygen atoms in total. The number of hydrogen-bond donors (Lipinski definition) is 1. The lowest BCUT2D eigenvalue weighted by Crippen LogP contribution is -2.49. The maximum absolute atomic E-state index is 12.8. The minimum Gasteiger partial charge on any atom is -0.479 e. The first-order valence-corrected chi connectivity index (χ1v) is 9.84. The molecule has 150 valence electrons. The summed E-state index contributed by atoms with van der Waals surface area (Å²) >= 11 is 0. The van der Waals surface area contributed by atoms with E-state index in [-0.39, 0.29) is 5.91 Å². The second-order valence-corrected chi connectivity index (χ2v) is 7.60. The number of carboxylic acids is 1. The summed E-state index contributed by atoms with van der Waals surface area (Å²) in [5.74, 6) is -0.817. The molecule has 1 N–H and O–H groups in total. The Kier molecular flexibility index (Phi) is 5.05. The topological polar surface area (TPSA) is 86.1 Å². The first kappa shape index (κ1) is 19.1. The molecule has 29 heavy (non-hydrogen) atoms. The van der Waals surface area contributed by atoms with Gasteiger partial charge in [-0.3, -0.25) is 14.8 Å². The van der Waals surface area contributed by atoms with Gasteiger partial charge in [-0.15, -0.1) is 0 Å². The minimum atomic E-state index is -0.965. The van der Waals surface area contributed by atoms with Gasteiger partial charge in [0.1, 0.15) is 5.69 Å². The van der Waals surface area contributed by atoms with E-state index in [1.807, 2.05) is 48.2 Å². The fourth-order valence-corrected chi connectivity index (χ4v) is 3.61. The Morgan fingerprint density at radius 1 is 1.10 bits per heavy atom. The Bertz CT molecular complexity index is 960. The van der Waals surface area contributed by atoms with Crippen LogP contribution in [0.4, 0.5) is 5.69 Å². The minimum absolute atomic E-state index is 0.0628. The number of anilines is 1. The summed E-state index contributed by atoms with van der Waals surface area (Å²) in [4.78, 5) is 36.9. The molecular formula is C22H24N4O3. The van der Waals surface area contributed by atoms with E-state index in [0.29, 0.717) is 44.7 Å². The van der Waals surface area contributed by atoms with Crippen molar-refractivity contribution in [1.29, 1.82) is 0 Å². The average Bonchev–Trinajstić information content (AvgIpc) is 3.54. The van der Waals surface area contributed by atoms with Gasteiger partial charge >= 0.3 is 5.97 Å². The molecular weight excluding hydrogens is 368 g/mol. The Labute approximate surface area is 169 Å². The average molecular weight is 392 g/mol. The smallest absolute Gasteiger partial charge is 0.331 e. The van der Waals surface area contributed by atoms with Gasteiger partial charge in [-0.05, 0) is 43.5 Å². The molecule has 2 aliphatic rings. The lowest BCUT2D eigenvalue weighted by Gasteiger charge is -2.36. The molecule has 2 fully saturated rings. The number of piperazine rings is 1. The predicted octanol–water partition coefficient (Wildman–Crippen LogP) is 2.39. The summed E-state index contributed by atoms with van der Waals surface area (Å²) < 4.78 is 0. The van der Waals surface area contributed by atoms with Crippen LogP contribution in [0.2, 0.25) is 0 Å². The van der Waals surface area contributed by atoms with Crippen molar-refractivity contribution in [2.45, 2.75) is 25.3 Å². The number of rotatable bonds is 5. The number of aromatic nitrogens is 1. The summed E-state index contributed by atoms with van der Waals surface area (Å²) in [7, 11) is 0. The normalized spacial score (nSPS) is 18.1. The van der Waals surface area contributed by atoms with Crippen LogP contribution in [0.25, 0.3) is 0 Å². The molecule has 1 aliphatic heterocycles. The molecule has 0 bridgehead atoms. The molecule has 2 aromatic rings. The fraction of sp³-hybridized carbons (Fsp3) is 0.364. The van der Waals surface area contributed by atoms with Gasteiger partial charge in [-0.1, -0.05) is 18.2 Å². The second-order valence-electron chi connectivity index (χ2n) is 7.60. The molecule has 0 spiro atoms. The maximum Gasteiger partial charge on any atom is 0.331 e. The lowest BCUT2D eigenvalue weighted by atomic mass is 10.1. The number of aryl methyl sites for hydroxylation is 1. The third-order valence-electron chi connectivity index (χ3n) is 5.65. The van der Waals surface area contributed by atoms with Crippen LogP contribution in [0.1, 0.15) is 34.5 Å². The molecule has 1 aromatic heterocycles. The van der Waals surface area contributed by atoms with Gasteiger partial charge in [0.15, 0.2) is 5.54 Å². The Hall–Kier alpha value is -3.22. The fourth-order valence-electron chi connectivity index (χ4n) is 3.61. The van der Waals surface area contributed by atoms with Crippen LogP contribution in [0.3, 0.4) is 0 Å². The van der Waals surface area contributed by atoms with E-state index in [4.69, 9.17) is 0 Å². The Morgan fingerprint density at radius 3 is 2.48 bits per heavy atom. The first-order valence-electron chi connectivity index (χ1n) is 9.84. The number of pyridine rings is 1. The Morgan fingerprint density at radius 2 is 1.83 bits per heavy atom. The van der Waals surface area contributed by atoms with Crippen LogP contribution < -0.4 is 4.90 Å². The van der Waals surface area contributed by atoms with E-state index in [0.717, 1.165) is 16.8 Å². The van der Waals surface area contributed by atoms with Crippen LogP contribution >= 0.6 is 0 Å². The highest BCUT2D eigenvalue weighted by atomic mass is 16.4. The van der Waals surface area contributed by atoms with Gasteiger partial charge in [0.25, 0.3) is 5.91 Å².